The minimum Gasteiger partial charge on any atom is -0.347 e. The second-order valence-corrected chi connectivity index (χ2v) is 6.94. The van der Waals surface area contributed by atoms with Crippen molar-refractivity contribution in [3.05, 3.63) is 63.0 Å². The lowest BCUT2D eigenvalue weighted by molar-refractivity contribution is -0.135. The van der Waals surface area contributed by atoms with Gasteiger partial charge in [-0.15, -0.1) is 0 Å². The number of hydrogen-bond acceptors (Lipinski definition) is 4. The molecule has 4 nitrogen and oxygen atoms in total. The average Bonchev–Trinajstić information content (AvgIpc) is 2.96. The van der Waals surface area contributed by atoms with Crippen LogP contribution in [0.2, 0.25) is 0 Å². The van der Waals surface area contributed by atoms with Gasteiger partial charge in [-0.2, -0.15) is 0 Å². The zero-order valence-corrected chi connectivity index (χ0v) is 15.2. The lowest BCUT2D eigenvalue weighted by Crippen LogP contribution is -2.29. The summed E-state index contributed by atoms with van der Waals surface area (Å²) in [5.74, 6) is -0.693. The molecule has 0 saturated carbocycles. The lowest BCUT2D eigenvalue weighted by Gasteiger charge is -2.22. The summed E-state index contributed by atoms with van der Waals surface area (Å²) >= 11 is 2.30. The molecule has 0 atom stereocenters. The zero-order chi connectivity index (χ0) is 16.3. The second-order valence-electron chi connectivity index (χ2n) is 5.77. The topological polar surface area (TPSA) is 55.2 Å². The molecule has 0 spiro atoms. The van der Waals surface area contributed by atoms with E-state index >= 15 is 0 Å². The van der Waals surface area contributed by atoms with Gasteiger partial charge < -0.3 is 14.9 Å². The summed E-state index contributed by atoms with van der Waals surface area (Å²) in [7, 11) is 0. The van der Waals surface area contributed by atoms with E-state index in [2.05, 4.69) is 34.7 Å². The third kappa shape index (κ3) is 4.16. The Morgan fingerprint density at radius 3 is 2.57 bits per heavy atom. The normalized spacial score (nSPS) is 16.4. The summed E-state index contributed by atoms with van der Waals surface area (Å²) in [6.45, 7) is 3.05. The van der Waals surface area contributed by atoms with Crippen LogP contribution in [0, 0.1) is 8.98 Å². The van der Waals surface area contributed by atoms with E-state index in [1.54, 1.807) is 0 Å². The molecule has 1 N–H and O–H groups in total. The highest BCUT2D eigenvalue weighted by molar-refractivity contribution is 14.1. The first kappa shape index (κ1) is 16.5. The fraction of sp³-hybridized carbons (Fsp3) is 0.333. The van der Waals surface area contributed by atoms with Gasteiger partial charge in [-0.05, 0) is 47.2 Å². The summed E-state index contributed by atoms with van der Waals surface area (Å²) in [6, 6.07) is 14.2. The van der Waals surface area contributed by atoms with Gasteiger partial charge in [0.05, 0.1) is 30.3 Å². The minimum absolute atomic E-state index is 0.408. The monoisotopic (exact) mass is 422 g/mol. The van der Waals surface area contributed by atoms with Crippen LogP contribution >= 0.6 is 22.6 Å². The first-order valence-corrected chi connectivity index (χ1v) is 8.69. The van der Waals surface area contributed by atoms with E-state index in [1.807, 2.05) is 37.3 Å². The van der Waals surface area contributed by atoms with Crippen molar-refractivity contribution < 1.29 is 9.47 Å². The molecule has 1 aromatic carbocycles. The highest BCUT2D eigenvalue weighted by atomic mass is 127. The summed E-state index contributed by atoms with van der Waals surface area (Å²) in [6.07, 6.45) is 1.18. The SMILES string of the molecule is CC1(CC(=N)c2ccc(I)c(Cc3ccccc3)n2)OCCO1. The number of ether oxygens (including phenoxy) is 2. The van der Waals surface area contributed by atoms with Crippen LogP contribution in [0.1, 0.15) is 30.3 Å². The Balaban J connectivity index is 1.78. The lowest BCUT2D eigenvalue weighted by atomic mass is 10.1. The molecule has 23 heavy (non-hydrogen) atoms. The highest BCUT2D eigenvalue weighted by Crippen LogP contribution is 2.25. The summed E-state index contributed by atoms with van der Waals surface area (Å²) < 4.78 is 12.3. The number of pyridine rings is 1. The molecule has 3 rings (SSSR count). The van der Waals surface area contributed by atoms with Gasteiger partial charge in [0.15, 0.2) is 5.79 Å². The van der Waals surface area contributed by atoms with Crippen LogP contribution in [0.5, 0.6) is 0 Å². The Morgan fingerprint density at radius 1 is 1.17 bits per heavy atom. The van der Waals surface area contributed by atoms with Crippen LogP contribution in [0.25, 0.3) is 0 Å². The van der Waals surface area contributed by atoms with Gasteiger partial charge in [-0.3, -0.25) is 4.98 Å². The van der Waals surface area contributed by atoms with Gasteiger partial charge >= 0.3 is 0 Å². The van der Waals surface area contributed by atoms with Crippen molar-refractivity contribution in [2.45, 2.75) is 25.6 Å². The van der Waals surface area contributed by atoms with E-state index in [-0.39, 0.29) is 0 Å². The molecule has 5 heteroatoms. The Kier molecular flexibility index (Phi) is 5.08. The molecule has 1 aliphatic heterocycles. The van der Waals surface area contributed by atoms with Crippen molar-refractivity contribution in [1.82, 2.24) is 4.98 Å². The molecule has 0 amide bonds. The standard InChI is InChI=1S/C18H19IN2O2/c1-18(22-9-10-23-18)12-15(20)16-8-7-14(19)17(21-16)11-13-5-3-2-4-6-13/h2-8,20H,9-12H2,1H3. The number of halogens is 1. The van der Waals surface area contributed by atoms with Gasteiger partial charge in [-0.1, -0.05) is 30.3 Å². The van der Waals surface area contributed by atoms with Crippen LogP contribution in [0.4, 0.5) is 0 Å². The van der Waals surface area contributed by atoms with E-state index < -0.39 is 5.79 Å². The molecule has 0 radical (unpaired) electrons. The van der Waals surface area contributed by atoms with Crippen molar-refractivity contribution in [3.8, 4) is 0 Å². The van der Waals surface area contributed by atoms with Gasteiger partial charge in [0.1, 0.15) is 0 Å². The molecule has 1 fully saturated rings. The number of hydrogen-bond donors (Lipinski definition) is 1. The van der Waals surface area contributed by atoms with E-state index in [0.29, 0.717) is 31.0 Å². The van der Waals surface area contributed by atoms with Crippen LogP contribution in [0.3, 0.4) is 0 Å². The maximum absolute atomic E-state index is 8.34. The molecule has 2 heterocycles. The minimum atomic E-state index is -0.693. The third-order valence-electron chi connectivity index (χ3n) is 3.84. The molecule has 0 unspecified atom stereocenters. The number of benzene rings is 1. The van der Waals surface area contributed by atoms with Gasteiger partial charge in [0, 0.05) is 16.4 Å². The summed E-state index contributed by atoms with van der Waals surface area (Å²) in [5, 5.41) is 8.34. The van der Waals surface area contributed by atoms with Gasteiger partial charge in [-0.25, -0.2) is 0 Å². The Labute approximate surface area is 149 Å². The van der Waals surface area contributed by atoms with E-state index in [9.17, 15) is 0 Å². The van der Waals surface area contributed by atoms with Crippen molar-refractivity contribution in [1.29, 1.82) is 5.41 Å². The average molecular weight is 422 g/mol. The fourth-order valence-corrected chi connectivity index (χ4v) is 3.13. The van der Waals surface area contributed by atoms with Gasteiger partial charge in [0.25, 0.3) is 0 Å². The van der Waals surface area contributed by atoms with E-state index in [0.717, 1.165) is 15.7 Å². The second kappa shape index (κ2) is 7.07. The Hall–Kier alpha value is -1.31. The Morgan fingerprint density at radius 2 is 1.87 bits per heavy atom. The van der Waals surface area contributed by atoms with Crippen molar-refractivity contribution in [2.24, 2.45) is 0 Å². The van der Waals surface area contributed by atoms with Crippen molar-refractivity contribution in [2.75, 3.05) is 13.2 Å². The van der Waals surface area contributed by atoms with Crippen LogP contribution < -0.4 is 0 Å². The molecule has 1 saturated heterocycles. The van der Waals surface area contributed by atoms with E-state index in [1.165, 1.54) is 5.56 Å². The smallest absolute Gasteiger partial charge is 0.171 e. The van der Waals surface area contributed by atoms with Crippen LogP contribution in [0.15, 0.2) is 42.5 Å². The van der Waals surface area contributed by atoms with Gasteiger partial charge in [0.2, 0.25) is 0 Å². The molecule has 2 aromatic rings. The molecular weight excluding hydrogens is 403 g/mol. The molecule has 0 bridgehead atoms. The number of aromatic nitrogens is 1. The third-order valence-corrected chi connectivity index (χ3v) is 4.82. The van der Waals surface area contributed by atoms with Crippen LogP contribution in [-0.2, 0) is 15.9 Å². The summed E-state index contributed by atoms with van der Waals surface area (Å²) in [4.78, 5) is 4.70. The first-order chi connectivity index (χ1) is 11.1. The highest BCUT2D eigenvalue weighted by Gasteiger charge is 2.32. The molecule has 1 aliphatic rings. The molecule has 120 valence electrons. The number of rotatable bonds is 5. The maximum Gasteiger partial charge on any atom is 0.171 e. The predicted molar refractivity (Wildman–Crippen MR) is 98.0 cm³/mol. The first-order valence-electron chi connectivity index (χ1n) is 7.61. The van der Waals surface area contributed by atoms with Crippen molar-refractivity contribution in [3.63, 3.8) is 0 Å². The molecule has 1 aromatic heterocycles. The summed E-state index contributed by atoms with van der Waals surface area (Å²) in [5.41, 5.74) is 3.35. The predicted octanol–water partition coefficient (Wildman–Crippen LogP) is 3.80. The van der Waals surface area contributed by atoms with Crippen LogP contribution in [-0.4, -0.2) is 29.7 Å². The van der Waals surface area contributed by atoms with Crippen molar-refractivity contribution >= 4 is 28.3 Å². The quantitative estimate of drug-likeness (QED) is 0.589. The molecular formula is C18H19IN2O2. The Bertz CT molecular complexity index is 697. The maximum atomic E-state index is 8.34. The largest absolute Gasteiger partial charge is 0.347 e. The number of nitrogens with one attached hydrogen (secondary N) is 1. The zero-order valence-electron chi connectivity index (χ0n) is 13.0. The van der Waals surface area contributed by atoms with E-state index in [4.69, 9.17) is 19.9 Å². The molecule has 0 aliphatic carbocycles. The fourth-order valence-electron chi connectivity index (χ4n) is 2.64. The number of nitrogens with zero attached hydrogens (tertiary/aromatic N) is 1.